The molecule has 0 aliphatic rings. The summed E-state index contributed by atoms with van der Waals surface area (Å²) in [6.45, 7) is 2.24. The van der Waals surface area contributed by atoms with E-state index in [2.05, 4.69) is 25.1 Å². The van der Waals surface area contributed by atoms with E-state index in [1.807, 2.05) is 18.2 Å². The van der Waals surface area contributed by atoms with Crippen molar-refractivity contribution >= 4 is 11.3 Å². The van der Waals surface area contributed by atoms with E-state index in [1.165, 1.54) is 16.0 Å². The van der Waals surface area contributed by atoms with Crippen LogP contribution in [0.4, 0.5) is 0 Å². The Morgan fingerprint density at radius 2 is 1.93 bits per heavy atom. The molecule has 0 fully saturated rings. The molecule has 0 saturated carbocycles. The molecular weight excluding hydrogens is 192 g/mol. The van der Waals surface area contributed by atoms with Crippen LogP contribution in [-0.4, -0.2) is 5.11 Å². The van der Waals surface area contributed by atoms with Crippen molar-refractivity contribution in [3.8, 4) is 10.4 Å². The molecule has 14 heavy (non-hydrogen) atoms. The molecule has 0 aliphatic heterocycles. The van der Waals surface area contributed by atoms with Gasteiger partial charge in [-0.1, -0.05) is 24.3 Å². The number of aryl methyl sites for hydroxylation is 1. The molecule has 0 amide bonds. The van der Waals surface area contributed by atoms with Gasteiger partial charge in [0.25, 0.3) is 0 Å². The maximum Gasteiger partial charge on any atom is 0.0774 e. The predicted molar refractivity (Wildman–Crippen MR) is 60.4 cm³/mol. The molecule has 2 aromatic rings. The van der Waals surface area contributed by atoms with Gasteiger partial charge in [-0.05, 0) is 30.2 Å². The normalized spacial score (nSPS) is 10.4. The molecule has 1 heterocycles. The third-order valence-corrected chi connectivity index (χ3v) is 3.33. The van der Waals surface area contributed by atoms with Crippen LogP contribution >= 0.6 is 11.3 Å². The average Bonchev–Trinajstić information content (AvgIpc) is 2.67. The Hall–Kier alpha value is -1.12. The molecule has 0 unspecified atom stereocenters. The van der Waals surface area contributed by atoms with Crippen molar-refractivity contribution in [2.75, 3.05) is 0 Å². The van der Waals surface area contributed by atoms with Gasteiger partial charge in [-0.15, -0.1) is 11.3 Å². The molecule has 0 atom stereocenters. The van der Waals surface area contributed by atoms with Crippen LogP contribution in [0.2, 0.25) is 0 Å². The van der Waals surface area contributed by atoms with E-state index < -0.39 is 0 Å². The van der Waals surface area contributed by atoms with Crippen molar-refractivity contribution in [2.24, 2.45) is 0 Å². The zero-order valence-electron chi connectivity index (χ0n) is 8.03. The van der Waals surface area contributed by atoms with Crippen LogP contribution in [0.3, 0.4) is 0 Å². The number of benzene rings is 1. The van der Waals surface area contributed by atoms with Crippen molar-refractivity contribution in [3.05, 3.63) is 46.8 Å². The zero-order chi connectivity index (χ0) is 9.97. The number of hydrogen-bond donors (Lipinski definition) is 1. The highest BCUT2D eigenvalue weighted by Crippen LogP contribution is 2.30. The Kier molecular flexibility index (Phi) is 2.66. The quantitative estimate of drug-likeness (QED) is 0.796. The van der Waals surface area contributed by atoms with Crippen LogP contribution in [0.25, 0.3) is 10.4 Å². The summed E-state index contributed by atoms with van der Waals surface area (Å²) >= 11 is 1.65. The Bertz CT molecular complexity index is 431. The zero-order valence-corrected chi connectivity index (χ0v) is 8.84. The summed E-state index contributed by atoms with van der Waals surface area (Å²) in [7, 11) is 0. The van der Waals surface area contributed by atoms with Crippen LogP contribution in [-0.2, 0) is 6.61 Å². The summed E-state index contributed by atoms with van der Waals surface area (Å²) in [6, 6.07) is 12.3. The molecule has 1 aromatic heterocycles. The molecule has 2 heteroatoms. The maximum atomic E-state index is 8.98. The number of rotatable bonds is 2. The fraction of sp³-hybridized carbons (Fsp3) is 0.167. The van der Waals surface area contributed by atoms with E-state index in [1.54, 1.807) is 11.3 Å². The number of aliphatic hydroxyl groups excluding tert-OH is 1. The Balaban J connectivity index is 2.44. The highest BCUT2D eigenvalue weighted by atomic mass is 32.1. The highest BCUT2D eigenvalue weighted by molar-refractivity contribution is 7.15. The molecule has 2 rings (SSSR count). The van der Waals surface area contributed by atoms with Gasteiger partial charge in [0.05, 0.1) is 6.61 Å². The van der Waals surface area contributed by atoms with Gasteiger partial charge in [0.15, 0.2) is 0 Å². The standard InChI is InChI=1S/C12H12OS/c1-9-4-2-3-5-11(9)12-7-6-10(8-13)14-12/h2-7,13H,8H2,1H3. The number of hydrogen-bond acceptors (Lipinski definition) is 2. The maximum absolute atomic E-state index is 8.98. The molecule has 1 aromatic carbocycles. The van der Waals surface area contributed by atoms with Crippen LogP contribution in [0.15, 0.2) is 36.4 Å². The number of aliphatic hydroxyl groups is 1. The van der Waals surface area contributed by atoms with Gasteiger partial charge in [-0.25, -0.2) is 0 Å². The second-order valence-corrected chi connectivity index (χ2v) is 4.41. The summed E-state index contributed by atoms with van der Waals surface area (Å²) in [5.74, 6) is 0. The lowest BCUT2D eigenvalue weighted by atomic mass is 10.1. The molecule has 0 radical (unpaired) electrons. The number of thiophene rings is 1. The van der Waals surface area contributed by atoms with E-state index >= 15 is 0 Å². The SMILES string of the molecule is Cc1ccccc1-c1ccc(CO)s1. The molecule has 0 spiro atoms. The summed E-state index contributed by atoms with van der Waals surface area (Å²) in [5.41, 5.74) is 2.54. The first-order valence-electron chi connectivity index (χ1n) is 4.57. The van der Waals surface area contributed by atoms with Crippen LogP contribution < -0.4 is 0 Å². The lowest BCUT2D eigenvalue weighted by molar-refractivity contribution is 0.285. The minimum absolute atomic E-state index is 0.135. The van der Waals surface area contributed by atoms with E-state index in [4.69, 9.17) is 5.11 Å². The molecule has 72 valence electrons. The second kappa shape index (κ2) is 3.95. The van der Waals surface area contributed by atoms with Crippen LogP contribution in [0.1, 0.15) is 10.4 Å². The summed E-state index contributed by atoms with van der Waals surface area (Å²) < 4.78 is 0. The van der Waals surface area contributed by atoms with Gasteiger partial charge in [-0.2, -0.15) is 0 Å². The average molecular weight is 204 g/mol. The highest BCUT2D eigenvalue weighted by Gasteiger charge is 2.03. The van der Waals surface area contributed by atoms with Crippen molar-refractivity contribution in [1.82, 2.24) is 0 Å². The van der Waals surface area contributed by atoms with Crippen molar-refractivity contribution in [2.45, 2.75) is 13.5 Å². The van der Waals surface area contributed by atoms with Crippen molar-refractivity contribution < 1.29 is 5.11 Å². The Morgan fingerprint density at radius 3 is 2.57 bits per heavy atom. The van der Waals surface area contributed by atoms with Crippen LogP contribution in [0, 0.1) is 6.92 Å². The van der Waals surface area contributed by atoms with E-state index in [9.17, 15) is 0 Å². The van der Waals surface area contributed by atoms with Gasteiger partial charge in [0, 0.05) is 9.75 Å². The fourth-order valence-electron chi connectivity index (χ4n) is 1.46. The van der Waals surface area contributed by atoms with Gasteiger partial charge in [0.2, 0.25) is 0 Å². The minimum atomic E-state index is 0.135. The first kappa shape index (κ1) is 9.44. The van der Waals surface area contributed by atoms with E-state index in [0.29, 0.717) is 0 Å². The fourth-order valence-corrected chi connectivity index (χ4v) is 2.42. The van der Waals surface area contributed by atoms with E-state index in [-0.39, 0.29) is 6.61 Å². The predicted octanol–water partition coefficient (Wildman–Crippen LogP) is 3.22. The minimum Gasteiger partial charge on any atom is -0.391 e. The summed E-state index contributed by atoms with van der Waals surface area (Å²) in [4.78, 5) is 2.25. The Labute approximate surface area is 87.7 Å². The van der Waals surface area contributed by atoms with Crippen LogP contribution in [0.5, 0.6) is 0 Å². The second-order valence-electron chi connectivity index (χ2n) is 3.24. The van der Waals surface area contributed by atoms with Gasteiger partial charge in [0.1, 0.15) is 0 Å². The summed E-state index contributed by atoms with van der Waals surface area (Å²) in [6.07, 6.45) is 0. The first-order valence-corrected chi connectivity index (χ1v) is 5.38. The monoisotopic (exact) mass is 204 g/mol. The first-order chi connectivity index (χ1) is 6.81. The van der Waals surface area contributed by atoms with Crippen molar-refractivity contribution in [1.29, 1.82) is 0 Å². The largest absolute Gasteiger partial charge is 0.391 e. The lowest BCUT2D eigenvalue weighted by Crippen LogP contribution is -1.77. The molecule has 1 N–H and O–H groups in total. The third kappa shape index (κ3) is 1.72. The summed E-state index contributed by atoms with van der Waals surface area (Å²) in [5, 5.41) is 8.98. The van der Waals surface area contributed by atoms with Gasteiger partial charge < -0.3 is 5.11 Å². The smallest absolute Gasteiger partial charge is 0.0774 e. The lowest BCUT2D eigenvalue weighted by Gasteiger charge is -2.01. The molecule has 0 bridgehead atoms. The topological polar surface area (TPSA) is 20.2 Å². The molecule has 1 nitrogen and oxygen atoms in total. The van der Waals surface area contributed by atoms with E-state index in [0.717, 1.165) is 4.88 Å². The van der Waals surface area contributed by atoms with Crippen molar-refractivity contribution in [3.63, 3.8) is 0 Å². The third-order valence-electron chi connectivity index (χ3n) is 2.23. The molecule has 0 aliphatic carbocycles. The van der Waals surface area contributed by atoms with Gasteiger partial charge in [-0.3, -0.25) is 0 Å². The Morgan fingerprint density at radius 1 is 1.14 bits per heavy atom. The van der Waals surface area contributed by atoms with Gasteiger partial charge >= 0.3 is 0 Å². The molecular formula is C12H12OS. The molecule has 0 saturated heterocycles.